The first kappa shape index (κ1) is 35.3. The van der Waals surface area contributed by atoms with Gasteiger partial charge in [0.15, 0.2) is 12.0 Å². The lowest BCUT2D eigenvalue weighted by Crippen LogP contribution is -2.11. The van der Waals surface area contributed by atoms with Crippen LogP contribution in [0.3, 0.4) is 0 Å². The second-order valence-electron chi connectivity index (χ2n) is 15.3. The zero-order valence-corrected chi connectivity index (χ0v) is 32.9. The third kappa shape index (κ3) is 6.34. The molecule has 0 fully saturated rings. The summed E-state index contributed by atoms with van der Waals surface area (Å²) in [5, 5.41) is 8.20. The molecule has 284 valence electrons. The molecule has 0 amide bonds. The SMILES string of the molecule is c1ccc(-c2ccccc2-c2cccc(N(c3ccc4cc(-c5ccccc5)c5ccc6c(c5c4c3)OC(c3ccccc3)N6)c3ccccc3-c3ccccc3)c2)cc1. The quantitative estimate of drug-likeness (QED) is 0.156. The normalized spacial score (nSPS) is 13.1. The fourth-order valence-corrected chi connectivity index (χ4v) is 8.87. The lowest BCUT2D eigenvalue weighted by Gasteiger charge is -2.29. The number of benzene rings is 10. The summed E-state index contributed by atoms with van der Waals surface area (Å²) in [5.74, 6) is 0.872. The molecular formula is C57H40N2O. The summed E-state index contributed by atoms with van der Waals surface area (Å²) in [4.78, 5) is 2.42. The zero-order chi connectivity index (χ0) is 39.8. The van der Waals surface area contributed by atoms with E-state index in [9.17, 15) is 0 Å². The predicted molar refractivity (Wildman–Crippen MR) is 251 cm³/mol. The number of para-hydroxylation sites is 1. The van der Waals surface area contributed by atoms with Crippen molar-refractivity contribution in [3.8, 4) is 50.3 Å². The first-order chi connectivity index (χ1) is 29.8. The molecule has 1 unspecified atom stereocenters. The Morgan fingerprint density at radius 2 is 0.933 bits per heavy atom. The summed E-state index contributed by atoms with van der Waals surface area (Å²) in [5.41, 5.74) is 14.7. The second kappa shape index (κ2) is 15.1. The Morgan fingerprint density at radius 3 is 1.63 bits per heavy atom. The van der Waals surface area contributed by atoms with Crippen LogP contribution in [-0.4, -0.2) is 0 Å². The minimum Gasteiger partial charge on any atom is -0.464 e. The second-order valence-corrected chi connectivity index (χ2v) is 15.3. The summed E-state index contributed by atoms with van der Waals surface area (Å²) in [6, 6.07) is 82.5. The lowest BCUT2D eigenvalue weighted by molar-refractivity contribution is 0.263. The molecule has 10 aromatic rings. The number of ether oxygens (including phenoxy) is 1. The topological polar surface area (TPSA) is 24.5 Å². The summed E-state index contributed by atoms with van der Waals surface area (Å²) in [6.45, 7) is 0. The molecule has 3 heteroatoms. The number of anilines is 4. The van der Waals surface area contributed by atoms with Crippen molar-refractivity contribution in [3.05, 3.63) is 236 Å². The molecule has 0 bridgehead atoms. The van der Waals surface area contributed by atoms with E-state index < -0.39 is 0 Å². The Bertz CT molecular complexity index is 3150. The van der Waals surface area contributed by atoms with E-state index in [1.807, 2.05) is 6.07 Å². The minimum absolute atomic E-state index is 0.291. The summed E-state index contributed by atoms with van der Waals surface area (Å²) in [7, 11) is 0. The monoisotopic (exact) mass is 768 g/mol. The van der Waals surface area contributed by atoms with Crippen LogP contribution in [0.2, 0.25) is 0 Å². The first-order valence-corrected chi connectivity index (χ1v) is 20.5. The number of rotatable bonds is 8. The fraction of sp³-hybridized carbons (Fsp3) is 0.0175. The van der Waals surface area contributed by atoms with E-state index in [2.05, 4.69) is 235 Å². The Labute approximate surface area is 350 Å². The number of fused-ring (bicyclic) bond motifs is 5. The maximum absolute atomic E-state index is 6.94. The number of hydrogen-bond donors (Lipinski definition) is 1. The Kier molecular flexibility index (Phi) is 8.90. The summed E-state index contributed by atoms with van der Waals surface area (Å²) in [6.07, 6.45) is -0.291. The number of nitrogens with zero attached hydrogens (tertiary/aromatic N) is 1. The Hall–Kier alpha value is -7.88. The van der Waals surface area contributed by atoms with Crippen molar-refractivity contribution in [2.24, 2.45) is 0 Å². The van der Waals surface area contributed by atoms with Gasteiger partial charge in [0.25, 0.3) is 0 Å². The molecule has 11 rings (SSSR count). The van der Waals surface area contributed by atoms with E-state index in [1.165, 1.54) is 27.8 Å². The molecule has 1 aliphatic heterocycles. The smallest absolute Gasteiger partial charge is 0.196 e. The van der Waals surface area contributed by atoms with Crippen LogP contribution in [0.5, 0.6) is 5.75 Å². The number of hydrogen-bond acceptors (Lipinski definition) is 3. The van der Waals surface area contributed by atoms with Gasteiger partial charge in [-0.05, 0) is 97.6 Å². The maximum Gasteiger partial charge on any atom is 0.196 e. The molecule has 1 N–H and O–H groups in total. The van der Waals surface area contributed by atoms with Crippen molar-refractivity contribution in [1.82, 2.24) is 0 Å². The van der Waals surface area contributed by atoms with Gasteiger partial charge in [-0.15, -0.1) is 0 Å². The lowest BCUT2D eigenvalue weighted by atomic mass is 9.91. The van der Waals surface area contributed by atoms with Gasteiger partial charge in [-0.2, -0.15) is 0 Å². The van der Waals surface area contributed by atoms with Gasteiger partial charge in [-0.25, -0.2) is 0 Å². The highest BCUT2D eigenvalue weighted by Gasteiger charge is 2.28. The van der Waals surface area contributed by atoms with E-state index in [0.717, 1.165) is 72.3 Å². The molecule has 10 aromatic carbocycles. The van der Waals surface area contributed by atoms with E-state index in [-0.39, 0.29) is 6.23 Å². The minimum atomic E-state index is -0.291. The Balaban J connectivity index is 1.15. The summed E-state index contributed by atoms with van der Waals surface area (Å²) >= 11 is 0. The van der Waals surface area contributed by atoms with Gasteiger partial charge < -0.3 is 15.0 Å². The van der Waals surface area contributed by atoms with Crippen LogP contribution in [0, 0.1) is 0 Å². The van der Waals surface area contributed by atoms with E-state index in [4.69, 9.17) is 4.74 Å². The Morgan fingerprint density at radius 1 is 0.383 bits per heavy atom. The molecule has 0 spiro atoms. The van der Waals surface area contributed by atoms with Gasteiger partial charge in [0.2, 0.25) is 0 Å². The molecule has 0 aliphatic carbocycles. The maximum atomic E-state index is 6.94. The molecule has 1 atom stereocenters. The highest BCUT2D eigenvalue weighted by atomic mass is 16.5. The zero-order valence-electron chi connectivity index (χ0n) is 32.9. The molecule has 1 heterocycles. The third-order valence-corrected chi connectivity index (χ3v) is 11.7. The summed E-state index contributed by atoms with van der Waals surface area (Å²) < 4.78 is 6.94. The van der Waals surface area contributed by atoms with Crippen LogP contribution in [-0.2, 0) is 0 Å². The first-order valence-electron chi connectivity index (χ1n) is 20.5. The molecule has 60 heavy (non-hydrogen) atoms. The molecule has 3 nitrogen and oxygen atoms in total. The average Bonchev–Trinajstić information content (AvgIpc) is 3.78. The van der Waals surface area contributed by atoms with Crippen LogP contribution >= 0.6 is 0 Å². The molecule has 1 aliphatic rings. The number of nitrogens with one attached hydrogen (secondary N) is 1. The van der Waals surface area contributed by atoms with E-state index >= 15 is 0 Å². The van der Waals surface area contributed by atoms with Crippen LogP contribution in [0.1, 0.15) is 11.8 Å². The van der Waals surface area contributed by atoms with Crippen molar-refractivity contribution in [2.45, 2.75) is 6.23 Å². The van der Waals surface area contributed by atoms with Crippen LogP contribution < -0.4 is 15.0 Å². The van der Waals surface area contributed by atoms with Gasteiger partial charge >= 0.3 is 0 Å². The van der Waals surface area contributed by atoms with Crippen molar-refractivity contribution < 1.29 is 4.74 Å². The van der Waals surface area contributed by atoms with Crippen LogP contribution in [0.15, 0.2) is 231 Å². The van der Waals surface area contributed by atoms with Crippen molar-refractivity contribution in [1.29, 1.82) is 0 Å². The molecule has 0 aromatic heterocycles. The molecule has 0 saturated carbocycles. The standard InChI is InChI=1S/C57H40N2O/c1-5-18-39(19-6-1)47-28-13-14-29-48(47)43-26-17-27-45(36-43)59(54-31-16-15-30-49(54)40-20-7-2-8-21-40)46-33-32-44-37-51(41-22-9-3-10-23-41)50-34-35-53-56(55(50)52(44)38-46)60-57(58-53)42-24-11-4-12-25-42/h1-38,57-58H. The van der Waals surface area contributed by atoms with Gasteiger partial charge in [0.05, 0.1) is 11.4 Å². The molecule has 0 saturated heterocycles. The largest absolute Gasteiger partial charge is 0.464 e. The van der Waals surface area contributed by atoms with Crippen LogP contribution in [0.25, 0.3) is 66.1 Å². The van der Waals surface area contributed by atoms with E-state index in [1.54, 1.807) is 0 Å². The highest BCUT2D eigenvalue weighted by Crippen LogP contribution is 2.50. The van der Waals surface area contributed by atoms with Gasteiger partial charge in [-0.1, -0.05) is 188 Å². The van der Waals surface area contributed by atoms with Crippen LogP contribution in [0.4, 0.5) is 22.7 Å². The third-order valence-electron chi connectivity index (χ3n) is 11.7. The average molecular weight is 769 g/mol. The van der Waals surface area contributed by atoms with Gasteiger partial charge in [0, 0.05) is 27.9 Å². The molecule has 0 radical (unpaired) electrons. The van der Waals surface area contributed by atoms with Gasteiger partial charge in [-0.3, -0.25) is 0 Å². The van der Waals surface area contributed by atoms with Gasteiger partial charge in [0.1, 0.15) is 0 Å². The van der Waals surface area contributed by atoms with Crippen molar-refractivity contribution >= 4 is 44.3 Å². The van der Waals surface area contributed by atoms with Crippen molar-refractivity contribution in [2.75, 3.05) is 10.2 Å². The highest BCUT2D eigenvalue weighted by molar-refractivity contribution is 6.19. The van der Waals surface area contributed by atoms with E-state index in [0.29, 0.717) is 0 Å². The predicted octanol–water partition coefficient (Wildman–Crippen LogP) is 15.6. The van der Waals surface area contributed by atoms with Crippen molar-refractivity contribution in [3.63, 3.8) is 0 Å². The molecular weight excluding hydrogens is 729 g/mol. The fourth-order valence-electron chi connectivity index (χ4n) is 8.87.